The molecule has 4 bridgehead atoms. The van der Waals surface area contributed by atoms with E-state index in [1.165, 1.54) is 24.6 Å². The van der Waals surface area contributed by atoms with Gasteiger partial charge in [-0.15, -0.1) is 0 Å². The summed E-state index contributed by atoms with van der Waals surface area (Å²) in [5, 5.41) is 3.04. The van der Waals surface area contributed by atoms with Crippen LogP contribution in [0.3, 0.4) is 0 Å². The molecule has 2 N–H and O–H groups in total. The van der Waals surface area contributed by atoms with Crippen molar-refractivity contribution in [2.75, 3.05) is 24.4 Å². The van der Waals surface area contributed by atoms with Crippen LogP contribution in [0.25, 0.3) is 11.3 Å². The van der Waals surface area contributed by atoms with Gasteiger partial charge in [0.1, 0.15) is 6.61 Å². The number of piperidine rings is 1. The number of aryl methyl sites for hydroxylation is 2. The fourth-order valence-electron chi connectivity index (χ4n) is 7.28. The van der Waals surface area contributed by atoms with Crippen LogP contribution in [0.2, 0.25) is 0 Å². The molecule has 2 aromatic carbocycles. The monoisotopic (exact) mass is 675 g/mol. The van der Waals surface area contributed by atoms with Gasteiger partial charge < -0.3 is 19.7 Å². The van der Waals surface area contributed by atoms with Gasteiger partial charge in [-0.3, -0.25) is 9.59 Å². The number of carbonyl (C=O) groups is 2. The molecule has 2 fully saturated rings. The molecule has 1 saturated carbocycles. The van der Waals surface area contributed by atoms with Gasteiger partial charge in [0.05, 0.1) is 16.7 Å². The fraction of sp³-hybridized carbons (Fsp3) is 0.500. The summed E-state index contributed by atoms with van der Waals surface area (Å²) in [6.45, 7) is 11.3. The van der Waals surface area contributed by atoms with Crippen LogP contribution in [0.15, 0.2) is 53.4 Å². The second-order valence-corrected chi connectivity index (χ2v) is 15.6. The summed E-state index contributed by atoms with van der Waals surface area (Å²) in [5.74, 6) is 0.860. The van der Waals surface area contributed by atoms with E-state index in [2.05, 4.69) is 40.8 Å². The van der Waals surface area contributed by atoms with Gasteiger partial charge in [-0.25, -0.2) is 18.1 Å². The van der Waals surface area contributed by atoms with E-state index in [1.54, 1.807) is 17.0 Å². The van der Waals surface area contributed by atoms with Gasteiger partial charge in [-0.05, 0) is 73.8 Å². The van der Waals surface area contributed by atoms with Gasteiger partial charge in [0.25, 0.3) is 15.9 Å². The van der Waals surface area contributed by atoms with Crippen LogP contribution in [0.4, 0.5) is 5.95 Å². The summed E-state index contributed by atoms with van der Waals surface area (Å²) in [4.78, 5) is 37.8. The van der Waals surface area contributed by atoms with Crippen molar-refractivity contribution < 1.29 is 27.5 Å². The van der Waals surface area contributed by atoms with E-state index in [9.17, 15) is 18.0 Å². The normalized spacial score (nSPS) is 23.3. The Balaban J connectivity index is 1.28. The number of likely N-dealkylation sites (tertiary alicyclic amines) is 1. The summed E-state index contributed by atoms with van der Waals surface area (Å²) in [6.07, 6.45) is 3.88. The van der Waals surface area contributed by atoms with Crippen molar-refractivity contribution in [3.8, 4) is 17.1 Å². The zero-order valence-electron chi connectivity index (χ0n) is 28.3. The van der Waals surface area contributed by atoms with Crippen LogP contribution in [0.5, 0.6) is 5.88 Å². The summed E-state index contributed by atoms with van der Waals surface area (Å²) >= 11 is 0. The van der Waals surface area contributed by atoms with Gasteiger partial charge in [0.15, 0.2) is 5.72 Å². The van der Waals surface area contributed by atoms with Crippen molar-refractivity contribution in [3.63, 3.8) is 0 Å². The number of aromatic nitrogens is 2. The highest BCUT2D eigenvalue weighted by Crippen LogP contribution is 2.36. The maximum atomic E-state index is 13.6. The average molecular weight is 676 g/mol. The number of sulfonamides is 1. The zero-order valence-corrected chi connectivity index (χ0v) is 29.1. The molecule has 1 spiro atoms. The highest BCUT2D eigenvalue weighted by Gasteiger charge is 2.41. The summed E-state index contributed by atoms with van der Waals surface area (Å²) < 4.78 is 42.1. The SMILES string of the molecule is Cc1cccc(C)c1-c1cc2nc(n1)NS(=O)(=O)c1cccc(c1)C(=O)NC1(CCN(C(=O)COC3C[C@H](C)CC[C@H]3C(C)C)CC1)O2. The Bertz CT molecular complexity index is 1780. The molecular formula is C36H45N5O6S. The number of amides is 2. The molecule has 1 unspecified atom stereocenters. The molecule has 1 aliphatic carbocycles. The minimum atomic E-state index is -4.13. The van der Waals surface area contributed by atoms with E-state index in [0.29, 0.717) is 36.5 Å². The van der Waals surface area contributed by atoms with Crippen LogP contribution >= 0.6 is 0 Å². The van der Waals surface area contributed by atoms with Crippen LogP contribution in [-0.2, 0) is 19.6 Å². The molecule has 3 atom stereocenters. The minimum Gasteiger partial charge on any atom is -0.451 e. The Hall–Kier alpha value is -4.03. The van der Waals surface area contributed by atoms with Crippen molar-refractivity contribution in [2.45, 2.75) is 83.4 Å². The van der Waals surface area contributed by atoms with E-state index >= 15 is 0 Å². The number of rotatable bonds is 5. The van der Waals surface area contributed by atoms with Crippen molar-refractivity contribution >= 4 is 27.8 Å². The Kier molecular flexibility index (Phi) is 9.50. The molecule has 1 aromatic heterocycles. The molecule has 2 amide bonds. The first-order valence-corrected chi connectivity index (χ1v) is 18.3. The van der Waals surface area contributed by atoms with Crippen LogP contribution in [-0.4, -0.2) is 66.6 Å². The number of hydrogen-bond acceptors (Lipinski definition) is 8. The average Bonchev–Trinajstić information content (AvgIpc) is 3.03. The van der Waals surface area contributed by atoms with Crippen molar-refractivity contribution in [3.05, 3.63) is 65.2 Å². The van der Waals surface area contributed by atoms with Gasteiger partial charge in [-0.1, -0.05) is 51.5 Å². The first-order valence-electron chi connectivity index (χ1n) is 16.8. The van der Waals surface area contributed by atoms with E-state index < -0.39 is 21.7 Å². The van der Waals surface area contributed by atoms with Crippen LogP contribution in [0.1, 0.15) is 74.4 Å². The lowest BCUT2D eigenvalue weighted by Crippen LogP contribution is -2.60. The number of anilines is 1. The van der Waals surface area contributed by atoms with Gasteiger partial charge in [0.2, 0.25) is 17.7 Å². The summed E-state index contributed by atoms with van der Waals surface area (Å²) in [6, 6.07) is 13.3. The second-order valence-electron chi connectivity index (χ2n) is 13.9. The van der Waals surface area contributed by atoms with Crippen molar-refractivity contribution in [1.29, 1.82) is 0 Å². The van der Waals surface area contributed by atoms with Gasteiger partial charge >= 0.3 is 0 Å². The lowest BCUT2D eigenvalue weighted by Gasteiger charge is -2.42. The molecule has 0 radical (unpaired) electrons. The number of fused-ring (bicyclic) bond motifs is 4. The first kappa shape index (κ1) is 33.9. The molecule has 3 aromatic rings. The van der Waals surface area contributed by atoms with Gasteiger partial charge in [0, 0.05) is 43.1 Å². The molecule has 6 rings (SSSR count). The molecule has 12 heteroatoms. The number of ether oxygens (including phenoxy) is 2. The first-order chi connectivity index (χ1) is 22.8. The molecular weight excluding hydrogens is 630 g/mol. The molecule has 256 valence electrons. The quantitative estimate of drug-likeness (QED) is 0.363. The van der Waals surface area contributed by atoms with E-state index in [4.69, 9.17) is 9.47 Å². The van der Waals surface area contributed by atoms with Crippen LogP contribution < -0.4 is 14.8 Å². The number of nitrogens with zero attached hydrogens (tertiary/aromatic N) is 3. The number of hydrogen-bond donors (Lipinski definition) is 2. The maximum absolute atomic E-state index is 13.6. The zero-order chi connectivity index (χ0) is 34.2. The highest BCUT2D eigenvalue weighted by atomic mass is 32.2. The largest absolute Gasteiger partial charge is 0.451 e. The smallest absolute Gasteiger partial charge is 0.264 e. The Morgan fingerprint density at radius 2 is 1.77 bits per heavy atom. The molecule has 3 heterocycles. The number of carbonyl (C=O) groups excluding carboxylic acids is 2. The fourth-order valence-corrected chi connectivity index (χ4v) is 8.27. The number of nitrogens with one attached hydrogen (secondary N) is 2. The van der Waals surface area contributed by atoms with E-state index in [-0.39, 0.29) is 53.7 Å². The molecule has 11 nitrogen and oxygen atoms in total. The standard InChI is InChI=1S/C36H45N5O6S/c1-22(2)28-13-12-23(3)18-30(28)46-21-32(42)41-16-14-36(15-17-41)39-34(43)26-10-7-11-27(19-26)48(44,45)40-35-37-29(20-31(38-35)47-36)33-24(4)8-6-9-25(33)5/h6-11,19-20,22-23,28,30H,12-18,21H2,1-5H3,(H,39,43)(H,37,38,40)/t23-,28+,30?/m1/s1. The highest BCUT2D eigenvalue weighted by molar-refractivity contribution is 7.92. The lowest BCUT2D eigenvalue weighted by molar-refractivity contribution is -0.145. The topological polar surface area (TPSA) is 140 Å². The van der Waals surface area contributed by atoms with E-state index in [1.807, 2.05) is 32.0 Å². The second kappa shape index (κ2) is 13.5. The Labute approximate surface area is 282 Å². The van der Waals surface area contributed by atoms with Crippen molar-refractivity contribution in [2.24, 2.45) is 17.8 Å². The van der Waals surface area contributed by atoms with Crippen LogP contribution in [0, 0.1) is 31.6 Å². The van der Waals surface area contributed by atoms with Gasteiger partial charge in [-0.2, -0.15) is 4.98 Å². The Morgan fingerprint density at radius 3 is 2.48 bits per heavy atom. The number of benzene rings is 2. The summed E-state index contributed by atoms with van der Waals surface area (Å²) in [5.41, 5.74) is 2.12. The third-order valence-corrected chi connectivity index (χ3v) is 11.3. The Morgan fingerprint density at radius 1 is 1.06 bits per heavy atom. The predicted octanol–water partition coefficient (Wildman–Crippen LogP) is 5.48. The third kappa shape index (κ3) is 7.19. The minimum absolute atomic E-state index is 0.0160. The maximum Gasteiger partial charge on any atom is 0.264 e. The van der Waals surface area contributed by atoms with E-state index in [0.717, 1.165) is 29.5 Å². The summed E-state index contributed by atoms with van der Waals surface area (Å²) in [7, 11) is -4.13. The van der Waals surface area contributed by atoms with Crippen molar-refractivity contribution in [1.82, 2.24) is 20.2 Å². The molecule has 2 aliphatic heterocycles. The molecule has 48 heavy (non-hydrogen) atoms. The lowest BCUT2D eigenvalue weighted by atomic mass is 9.75. The third-order valence-electron chi connectivity index (χ3n) is 10.0. The molecule has 3 aliphatic rings. The molecule has 1 saturated heterocycles. The predicted molar refractivity (Wildman–Crippen MR) is 182 cm³/mol.